The molecule has 0 aromatic rings. The first-order chi connectivity index (χ1) is 12.8. The SMILES string of the molecule is CC[N+](CCOCCOC)([N][N+](CC)(CCOCCOC)C(=S)[S-])C(=S)[S-]. The van der Waals surface area contributed by atoms with Crippen LogP contribution < -0.4 is 5.53 Å². The zero-order valence-corrected chi connectivity index (χ0v) is 19.9. The Labute approximate surface area is 185 Å². The second-order valence-corrected chi connectivity index (χ2v) is 7.82. The minimum absolute atomic E-state index is 0.0837. The molecule has 0 aliphatic rings. The molecule has 0 rings (SSSR count). The van der Waals surface area contributed by atoms with Crippen molar-refractivity contribution in [2.45, 2.75) is 13.8 Å². The van der Waals surface area contributed by atoms with Crippen molar-refractivity contribution in [1.82, 2.24) is 5.53 Å². The summed E-state index contributed by atoms with van der Waals surface area (Å²) >= 11 is 21.5. The van der Waals surface area contributed by atoms with E-state index in [1.807, 2.05) is 13.8 Å². The first-order valence-electron chi connectivity index (χ1n) is 8.89. The van der Waals surface area contributed by atoms with Crippen molar-refractivity contribution in [3.05, 3.63) is 0 Å². The Morgan fingerprint density at radius 2 is 1.11 bits per heavy atom. The quantitative estimate of drug-likeness (QED) is 0.112. The lowest BCUT2D eigenvalue weighted by atomic mass is 10.5. The lowest BCUT2D eigenvalue weighted by Gasteiger charge is -2.44. The molecule has 7 nitrogen and oxygen atoms in total. The normalized spacial score (nSPS) is 15.9. The van der Waals surface area contributed by atoms with Crippen LogP contribution in [0.3, 0.4) is 0 Å². The number of likely N-dealkylation sites (N-methyl/N-ethyl adjacent to an activating group) is 2. The smallest absolute Gasteiger partial charge is 0.189 e. The average Bonchev–Trinajstić information content (AvgIpc) is 2.65. The summed E-state index contributed by atoms with van der Waals surface area (Å²) in [6.07, 6.45) is 0. The van der Waals surface area contributed by atoms with Gasteiger partial charge in [0, 0.05) is 14.2 Å². The van der Waals surface area contributed by atoms with Gasteiger partial charge in [0.05, 0.1) is 48.3 Å². The van der Waals surface area contributed by atoms with Gasteiger partial charge in [0.25, 0.3) is 0 Å². The van der Waals surface area contributed by atoms with E-state index < -0.39 is 0 Å². The Balaban J connectivity index is 5.17. The molecule has 2 unspecified atom stereocenters. The van der Waals surface area contributed by atoms with E-state index in [1.165, 1.54) is 0 Å². The molecule has 0 fully saturated rings. The third-order valence-corrected chi connectivity index (χ3v) is 5.50. The van der Waals surface area contributed by atoms with E-state index in [9.17, 15) is 0 Å². The maximum absolute atomic E-state index is 5.60. The van der Waals surface area contributed by atoms with Gasteiger partial charge in [-0.2, -0.15) is 9.18 Å². The second-order valence-electron chi connectivity index (χ2n) is 5.76. The van der Waals surface area contributed by atoms with Crippen LogP contribution in [-0.2, 0) is 44.2 Å². The largest absolute Gasteiger partial charge is 0.382 e. The molecule has 2 atom stereocenters. The molecule has 0 aliphatic carbocycles. The molecule has 0 aromatic carbocycles. The van der Waals surface area contributed by atoms with Gasteiger partial charge in [-0.05, 0) is 13.8 Å². The van der Waals surface area contributed by atoms with Crippen LogP contribution in [0, 0.1) is 0 Å². The Bertz CT molecular complexity index is 410. The number of rotatable bonds is 16. The van der Waals surface area contributed by atoms with Crippen LogP contribution in [0.5, 0.6) is 0 Å². The molecular weight excluding hydrogens is 426 g/mol. The maximum atomic E-state index is 5.60. The molecule has 0 bridgehead atoms. The molecule has 0 saturated carbocycles. The molecule has 0 amide bonds. The summed E-state index contributed by atoms with van der Waals surface area (Å²) in [6, 6.07) is 0. The molecule has 27 heavy (non-hydrogen) atoms. The molecule has 0 aliphatic heterocycles. The summed E-state index contributed by atoms with van der Waals surface area (Å²) in [5, 5.41) is 0. The van der Waals surface area contributed by atoms with Gasteiger partial charge in [-0.1, -0.05) is 0 Å². The summed E-state index contributed by atoms with van der Waals surface area (Å²) in [6.45, 7) is 9.19. The number of quaternary nitrogens is 2. The third-order valence-electron chi connectivity index (χ3n) is 4.14. The lowest BCUT2D eigenvalue weighted by Crippen LogP contribution is -2.71. The molecule has 0 N–H and O–H groups in total. The summed E-state index contributed by atoms with van der Waals surface area (Å²) in [5.41, 5.74) is 4.97. The van der Waals surface area contributed by atoms with Gasteiger partial charge < -0.3 is 68.6 Å². The van der Waals surface area contributed by atoms with Gasteiger partial charge in [0.15, 0.2) is 5.53 Å². The number of hydrogen-bond acceptors (Lipinski definition) is 8. The van der Waals surface area contributed by atoms with Crippen molar-refractivity contribution in [2.75, 3.05) is 80.0 Å². The fourth-order valence-electron chi connectivity index (χ4n) is 2.29. The Morgan fingerprint density at radius 1 is 0.741 bits per heavy atom. The van der Waals surface area contributed by atoms with E-state index in [0.717, 1.165) is 0 Å². The van der Waals surface area contributed by atoms with Crippen molar-refractivity contribution in [1.29, 1.82) is 0 Å². The minimum Gasteiger partial charge on any atom is -0.382 e. The van der Waals surface area contributed by atoms with E-state index in [2.05, 4.69) is 0 Å². The highest BCUT2D eigenvalue weighted by Crippen LogP contribution is 2.16. The molecule has 0 saturated heterocycles. The van der Waals surface area contributed by atoms with Gasteiger partial charge in [0.2, 0.25) is 0 Å². The number of thiocarbonyl (C=S) groups is 2. The Morgan fingerprint density at radius 3 is 1.37 bits per heavy atom. The zero-order valence-electron chi connectivity index (χ0n) is 16.7. The van der Waals surface area contributed by atoms with Gasteiger partial charge in [-0.3, -0.25) is 0 Å². The summed E-state index contributed by atoms with van der Waals surface area (Å²) in [7, 11) is 3.27. The van der Waals surface area contributed by atoms with Crippen molar-refractivity contribution in [2.24, 2.45) is 0 Å². The third kappa shape index (κ3) is 9.59. The molecule has 159 valence electrons. The van der Waals surface area contributed by atoms with Crippen LogP contribution in [0.4, 0.5) is 0 Å². The molecular formula is C16H32N3O4S4. The Kier molecular flexibility index (Phi) is 15.4. The topological polar surface area (TPSA) is 51.0 Å². The molecule has 1 radical (unpaired) electrons. The van der Waals surface area contributed by atoms with Gasteiger partial charge >= 0.3 is 0 Å². The average molecular weight is 459 g/mol. The van der Waals surface area contributed by atoms with E-state index in [0.29, 0.717) is 74.5 Å². The van der Waals surface area contributed by atoms with Gasteiger partial charge in [0.1, 0.15) is 26.2 Å². The summed E-state index contributed by atoms with van der Waals surface area (Å²) < 4.78 is 22.0. The maximum Gasteiger partial charge on any atom is 0.189 e. The second kappa shape index (κ2) is 15.2. The van der Waals surface area contributed by atoms with Crippen LogP contribution in [0.1, 0.15) is 13.8 Å². The number of nitrogens with zero attached hydrogens (tertiary/aromatic N) is 3. The van der Waals surface area contributed by atoms with E-state index >= 15 is 0 Å². The van der Waals surface area contributed by atoms with Crippen LogP contribution in [-0.4, -0.2) is 97.9 Å². The summed E-state index contributed by atoms with van der Waals surface area (Å²) in [4.78, 5) is 0. The number of ether oxygens (including phenoxy) is 4. The first-order valence-corrected chi connectivity index (χ1v) is 10.5. The van der Waals surface area contributed by atoms with Gasteiger partial charge in [-0.25, -0.2) is 0 Å². The van der Waals surface area contributed by atoms with E-state index in [1.54, 1.807) is 14.2 Å². The van der Waals surface area contributed by atoms with Crippen LogP contribution >= 0.6 is 24.4 Å². The molecule has 0 heterocycles. The fraction of sp³-hybridized carbons (Fsp3) is 0.875. The minimum atomic E-state index is 0.0837. The Hall–Kier alpha value is 0.340. The monoisotopic (exact) mass is 458 g/mol. The van der Waals surface area contributed by atoms with Crippen LogP contribution in [0.25, 0.3) is 0 Å². The standard InChI is InChI=1S/C16H34N3O4S4/c1-5-18(15(24)25,7-9-22-13-11-20-3)17-19(6-2,16(26)27)8-10-23-14-12-21-4/h5-14H2,1-4H3,(H,24,25)(H,26,27)/q+2/p-2. The number of hydrogen-bond donors (Lipinski definition) is 0. The van der Waals surface area contributed by atoms with Crippen molar-refractivity contribution < 1.29 is 28.1 Å². The fourth-order valence-corrected chi connectivity index (χ4v) is 3.32. The highest BCUT2D eigenvalue weighted by Gasteiger charge is 2.42. The highest BCUT2D eigenvalue weighted by atomic mass is 32.1. The van der Waals surface area contributed by atoms with Crippen molar-refractivity contribution in [3.63, 3.8) is 0 Å². The predicted molar refractivity (Wildman–Crippen MR) is 119 cm³/mol. The molecule has 0 spiro atoms. The zero-order chi connectivity index (χ0) is 20.8. The highest BCUT2D eigenvalue weighted by molar-refractivity contribution is 8.00. The van der Waals surface area contributed by atoms with E-state index in [-0.39, 0.29) is 9.18 Å². The van der Waals surface area contributed by atoms with Gasteiger partial charge in [-0.15, -0.1) is 0 Å². The van der Waals surface area contributed by atoms with Crippen molar-refractivity contribution in [3.8, 4) is 0 Å². The summed E-state index contributed by atoms with van der Waals surface area (Å²) in [5.74, 6) is 0. The molecule has 0 aromatic heterocycles. The lowest BCUT2D eigenvalue weighted by molar-refractivity contribution is -1.09. The van der Waals surface area contributed by atoms with Crippen molar-refractivity contribution >= 4 is 58.3 Å². The molecule has 11 heteroatoms. The predicted octanol–water partition coefficient (Wildman–Crippen LogP) is 1.08. The van der Waals surface area contributed by atoms with E-state index in [4.69, 9.17) is 74.2 Å². The van der Waals surface area contributed by atoms with Crippen LogP contribution in [0.2, 0.25) is 0 Å². The first kappa shape index (κ1) is 27.3. The van der Waals surface area contributed by atoms with Crippen LogP contribution in [0.15, 0.2) is 0 Å². The number of methoxy groups -OCH3 is 2.